The number of allylic oxidation sites excluding steroid dienone is 4. The minimum absolute atomic E-state index is 0.0327. The number of ketones is 1. The predicted octanol–water partition coefficient (Wildman–Crippen LogP) is 5.11. The van der Waals surface area contributed by atoms with Gasteiger partial charge in [0.05, 0.1) is 12.0 Å². The summed E-state index contributed by atoms with van der Waals surface area (Å²) in [6.07, 6.45) is 11.9. The van der Waals surface area contributed by atoms with Crippen LogP contribution in [-0.2, 0) is 14.3 Å². The number of esters is 1. The van der Waals surface area contributed by atoms with Crippen molar-refractivity contribution in [3.8, 4) is 0 Å². The Morgan fingerprint density at radius 3 is 2.53 bits per heavy atom. The van der Waals surface area contributed by atoms with Crippen LogP contribution in [0, 0.1) is 52.3 Å². The number of aliphatic hydroxyl groups is 1. The lowest BCUT2D eigenvalue weighted by atomic mass is 9.47. The molecule has 0 radical (unpaired) electrons. The van der Waals surface area contributed by atoms with Gasteiger partial charge in [0.1, 0.15) is 6.10 Å². The summed E-state index contributed by atoms with van der Waals surface area (Å²) in [6.45, 7) is 11.0. The lowest BCUT2D eigenvalue weighted by molar-refractivity contribution is -0.151. The summed E-state index contributed by atoms with van der Waals surface area (Å²) in [4.78, 5) is 24.1. The molecule has 1 aliphatic heterocycles. The summed E-state index contributed by atoms with van der Waals surface area (Å²) in [7, 11) is 0. The van der Waals surface area contributed by atoms with Crippen molar-refractivity contribution in [2.24, 2.45) is 52.3 Å². The molecule has 32 heavy (non-hydrogen) atoms. The molecule has 0 spiro atoms. The molecular formula is C28H40O4. The number of carbonyl (C=O) groups is 2. The van der Waals surface area contributed by atoms with Crippen molar-refractivity contribution in [2.75, 3.05) is 0 Å². The molecule has 0 aromatic carbocycles. The fraction of sp³-hybridized carbons (Fsp3) is 0.786. The van der Waals surface area contributed by atoms with Gasteiger partial charge in [-0.3, -0.25) is 9.59 Å². The third-order valence-electron chi connectivity index (χ3n) is 11.1. The van der Waals surface area contributed by atoms with E-state index in [2.05, 4.69) is 26.8 Å². The first-order chi connectivity index (χ1) is 15.1. The summed E-state index contributed by atoms with van der Waals surface area (Å²) >= 11 is 0. The number of hydrogen-bond acceptors (Lipinski definition) is 4. The van der Waals surface area contributed by atoms with Gasteiger partial charge in [-0.15, -0.1) is 0 Å². The molecule has 4 nitrogen and oxygen atoms in total. The topological polar surface area (TPSA) is 63.6 Å². The van der Waals surface area contributed by atoms with Crippen LogP contribution in [0.15, 0.2) is 23.8 Å². The van der Waals surface area contributed by atoms with Crippen LogP contribution in [0.25, 0.3) is 0 Å². The molecule has 4 heteroatoms. The van der Waals surface area contributed by atoms with Gasteiger partial charge in [0, 0.05) is 11.3 Å². The number of rotatable bonds is 3. The van der Waals surface area contributed by atoms with Crippen molar-refractivity contribution in [2.45, 2.75) is 85.4 Å². The van der Waals surface area contributed by atoms with Crippen LogP contribution in [0.1, 0.15) is 73.1 Å². The van der Waals surface area contributed by atoms with E-state index < -0.39 is 6.10 Å². The Bertz CT molecular complexity index is 873. The van der Waals surface area contributed by atoms with E-state index in [1.807, 2.05) is 19.9 Å². The van der Waals surface area contributed by atoms with Gasteiger partial charge in [-0.1, -0.05) is 46.3 Å². The van der Waals surface area contributed by atoms with Gasteiger partial charge >= 0.3 is 5.97 Å². The Kier molecular flexibility index (Phi) is 5.28. The fourth-order valence-corrected chi connectivity index (χ4v) is 8.87. The highest BCUT2D eigenvalue weighted by molar-refractivity contribution is 6.01. The first kappa shape index (κ1) is 22.4. The number of cyclic esters (lactones) is 1. The molecular weight excluding hydrogens is 400 g/mol. The highest BCUT2D eigenvalue weighted by atomic mass is 16.6. The maximum atomic E-state index is 12.1. The van der Waals surface area contributed by atoms with Crippen LogP contribution in [0.2, 0.25) is 0 Å². The summed E-state index contributed by atoms with van der Waals surface area (Å²) in [5.41, 5.74) is 1.61. The maximum Gasteiger partial charge on any atom is 0.309 e. The highest BCUT2D eigenvalue weighted by Crippen LogP contribution is 2.67. The van der Waals surface area contributed by atoms with Gasteiger partial charge in [-0.2, -0.15) is 0 Å². The Morgan fingerprint density at radius 1 is 1.09 bits per heavy atom. The van der Waals surface area contributed by atoms with Crippen LogP contribution in [-0.4, -0.2) is 29.1 Å². The third-order valence-corrected chi connectivity index (χ3v) is 11.1. The largest absolute Gasteiger partial charge is 0.459 e. The Morgan fingerprint density at radius 2 is 1.84 bits per heavy atom. The number of hydrogen-bond donors (Lipinski definition) is 1. The van der Waals surface area contributed by atoms with E-state index in [1.165, 1.54) is 31.3 Å². The molecule has 0 bridgehead atoms. The van der Waals surface area contributed by atoms with Gasteiger partial charge in [0.25, 0.3) is 0 Å². The van der Waals surface area contributed by atoms with E-state index in [0.29, 0.717) is 23.7 Å². The number of aliphatic hydroxyl groups excluding tert-OH is 1. The molecule has 0 amide bonds. The van der Waals surface area contributed by atoms with E-state index in [4.69, 9.17) is 4.74 Å². The SMILES string of the molecule is C[C@@H]1[C@H]([C@@H](O)[C@@H](C)[C@@H]2CC[C@H]3[C@@H]4CCC5=CC(=O)C=C[C@]5(C)[C@H]4CC[C@@]23C)OC(=O)[C@@H]1C. The van der Waals surface area contributed by atoms with E-state index in [-0.39, 0.29) is 46.4 Å². The monoisotopic (exact) mass is 440 g/mol. The van der Waals surface area contributed by atoms with Crippen LogP contribution < -0.4 is 0 Å². The molecule has 176 valence electrons. The zero-order valence-corrected chi connectivity index (χ0v) is 20.3. The van der Waals surface area contributed by atoms with Gasteiger partial charge in [0.2, 0.25) is 0 Å². The summed E-state index contributed by atoms with van der Waals surface area (Å²) in [5.74, 6) is 2.46. The second-order valence-electron chi connectivity index (χ2n) is 12.2. The van der Waals surface area contributed by atoms with Crippen molar-refractivity contribution in [1.82, 2.24) is 0 Å². The Hall–Kier alpha value is -1.42. The molecule has 0 aromatic heterocycles. The van der Waals surface area contributed by atoms with Gasteiger partial charge in [0.15, 0.2) is 5.78 Å². The van der Waals surface area contributed by atoms with Crippen molar-refractivity contribution < 1.29 is 19.4 Å². The number of fused-ring (bicyclic) bond motifs is 5. The molecule has 4 aliphatic carbocycles. The van der Waals surface area contributed by atoms with Crippen molar-refractivity contribution in [1.29, 1.82) is 0 Å². The maximum absolute atomic E-state index is 12.1. The van der Waals surface area contributed by atoms with Gasteiger partial charge < -0.3 is 9.84 Å². The predicted molar refractivity (Wildman–Crippen MR) is 123 cm³/mol. The standard InChI is InChI=1S/C28H40O4/c1-15-16(2)26(31)32-25(15)24(30)17(3)21-8-9-22-20-7-6-18-14-19(29)10-12-27(18,4)23(20)11-13-28(21,22)5/h10,12,14-17,20-25,30H,6-9,11,13H2,1-5H3/t15-,16+,17-,20-,21-,22-,23-,24-,25+,27-,28-/m0/s1. The zero-order valence-electron chi connectivity index (χ0n) is 20.3. The second kappa shape index (κ2) is 7.55. The first-order valence-corrected chi connectivity index (χ1v) is 12.9. The quantitative estimate of drug-likeness (QED) is 0.620. The van der Waals surface area contributed by atoms with Crippen LogP contribution in [0.4, 0.5) is 0 Å². The van der Waals surface area contributed by atoms with Crippen molar-refractivity contribution in [3.63, 3.8) is 0 Å². The molecule has 0 unspecified atom stereocenters. The lowest BCUT2D eigenvalue weighted by Crippen LogP contribution is -2.51. The van der Waals surface area contributed by atoms with E-state index >= 15 is 0 Å². The second-order valence-corrected chi connectivity index (χ2v) is 12.2. The van der Waals surface area contributed by atoms with E-state index in [1.54, 1.807) is 6.08 Å². The molecule has 4 fully saturated rings. The van der Waals surface area contributed by atoms with Gasteiger partial charge in [-0.05, 0) is 85.7 Å². The van der Waals surface area contributed by atoms with Gasteiger partial charge in [-0.25, -0.2) is 0 Å². The molecule has 1 heterocycles. The van der Waals surface area contributed by atoms with E-state index in [0.717, 1.165) is 12.8 Å². The molecule has 5 aliphatic rings. The van der Waals surface area contributed by atoms with Crippen LogP contribution >= 0.6 is 0 Å². The van der Waals surface area contributed by atoms with Crippen LogP contribution in [0.5, 0.6) is 0 Å². The zero-order chi connectivity index (χ0) is 23.0. The average molecular weight is 441 g/mol. The summed E-state index contributed by atoms with van der Waals surface area (Å²) in [5, 5.41) is 11.3. The normalized spacial score (nSPS) is 49.6. The molecule has 3 saturated carbocycles. The van der Waals surface area contributed by atoms with Crippen LogP contribution in [0.3, 0.4) is 0 Å². The third kappa shape index (κ3) is 3.04. The lowest BCUT2D eigenvalue weighted by Gasteiger charge is -2.57. The minimum atomic E-state index is -0.595. The minimum Gasteiger partial charge on any atom is -0.459 e. The summed E-state index contributed by atoms with van der Waals surface area (Å²) < 4.78 is 5.63. The Balaban J connectivity index is 1.36. The smallest absolute Gasteiger partial charge is 0.309 e. The van der Waals surface area contributed by atoms with Crippen molar-refractivity contribution >= 4 is 11.8 Å². The van der Waals surface area contributed by atoms with E-state index in [9.17, 15) is 14.7 Å². The molecule has 1 saturated heterocycles. The highest BCUT2D eigenvalue weighted by Gasteiger charge is 2.60. The fourth-order valence-electron chi connectivity index (χ4n) is 8.87. The number of ether oxygens (including phenoxy) is 1. The van der Waals surface area contributed by atoms with Crippen molar-refractivity contribution in [3.05, 3.63) is 23.8 Å². The average Bonchev–Trinajstić information content (AvgIpc) is 3.24. The summed E-state index contributed by atoms with van der Waals surface area (Å²) in [6, 6.07) is 0. The molecule has 1 N–H and O–H groups in total. The first-order valence-electron chi connectivity index (χ1n) is 12.9. The molecule has 11 atom stereocenters. The molecule has 5 rings (SSSR count). The molecule has 0 aromatic rings. The number of carbonyl (C=O) groups excluding carboxylic acids is 2. The Labute approximate surface area is 192 Å².